The van der Waals surface area contributed by atoms with Gasteiger partial charge in [-0.1, -0.05) is 13.8 Å². The minimum absolute atomic E-state index is 0.170. The normalized spacial score (nSPS) is 14.1. The second-order valence-electron chi connectivity index (χ2n) is 2.75. The molecule has 0 aromatic carbocycles. The van der Waals surface area contributed by atoms with E-state index in [1.807, 2.05) is 52.8 Å². The van der Waals surface area contributed by atoms with E-state index in [-0.39, 0.29) is 12.2 Å². The number of hydrogen-bond acceptors (Lipinski definition) is 4. The zero-order valence-electron chi connectivity index (χ0n) is 8.67. The fourth-order valence-corrected chi connectivity index (χ4v) is 1.57. The average Bonchev–Trinajstić information content (AvgIpc) is 2.22. The van der Waals surface area contributed by atoms with Gasteiger partial charge in [-0.15, -0.1) is 0 Å². The Bertz CT molecular complexity index is 99.8. The maximum atomic E-state index is 8.79. The Labute approximate surface area is 115 Å². The molecule has 0 amide bonds. The van der Waals surface area contributed by atoms with Crippen molar-refractivity contribution in [2.45, 2.75) is 38.9 Å². The minimum Gasteiger partial charge on any atom is -0.392 e. The van der Waals surface area contributed by atoms with Crippen LogP contribution in [0.25, 0.3) is 0 Å². The summed E-state index contributed by atoms with van der Waals surface area (Å²) in [5.41, 5.74) is 5.26. The number of aliphatic hydroxyl groups is 1. The molecule has 2 unspecified atom stereocenters. The summed E-state index contributed by atoms with van der Waals surface area (Å²) >= 11 is 3.89. The highest BCUT2D eigenvalue weighted by molar-refractivity contribution is 14.1. The Hall–Kier alpha value is 1.30. The van der Waals surface area contributed by atoms with E-state index in [1.165, 1.54) is 0 Å². The van der Waals surface area contributed by atoms with Gasteiger partial charge in [0.05, 0.1) is 12.2 Å². The van der Waals surface area contributed by atoms with E-state index in [0.717, 1.165) is 12.8 Å². The lowest BCUT2D eigenvalue weighted by atomic mass is 10.3. The number of halogens is 2. The number of aliphatic hydroxyl groups excluding tert-OH is 1. The van der Waals surface area contributed by atoms with E-state index in [2.05, 4.69) is 10.5 Å². The number of rotatable bonds is 6. The van der Waals surface area contributed by atoms with Crippen molar-refractivity contribution in [1.29, 1.82) is 0 Å². The van der Waals surface area contributed by atoms with Gasteiger partial charge < -0.3 is 13.9 Å². The largest absolute Gasteiger partial charge is 0.392 e. The molecular weight excluding hydrogens is 410 g/mol. The number of nitrogens with two attached hydrogens (primary N) is 1. The maximum absolute atomic E-state index is 8.79. The first-order valence-corrected chi connectivity index (χ1v) is 6.61. The molecule has 0 radical (unpaired) electrons. The van der Waals surface area contributed by atoms with Crippen molar-refractivity contribution in [3.63, 3.8) is 0 Å². The molecule has 0 aliphatic rings. The van der Waals surface area contributed by atoms with Crippen LogP contribution in [-0.2, 0) is 3.07 Å². The van der Waals surface area contributed by atoms with E-state index in [0.29, 0.717) is 13.1 Å². The van der Waals surface area contributed by atoms with Crippen LogP contribution in [0.2, 0.25) is 0 Å². The van der Waals surface area contributed by atoms with E-state index in [4.69, 9.17) is 13.9 Å². The molecule has 6 heteroatoms. The third-order valence-electron chi connectivity index (χ3n) is 1.63. The summed E-state index contributed by atoms with van der Waals surface area (Å²) in [6.07, 6.45) is 1.91. The lowest BCUT2D eigenvalue weighted by molar-refractivity contribution is 0.176. The van der Waals surface area contributed by atoms with Crippen LogP contribution in [0, 0.1) is 0 Å². The van der Waals surface area contributed by atoms with Crippen LogP contribution in [0.15, 0.2) is 0 Å². The first kappa shape index (κ1) is 17.7. The molecule has 0 fully saturated rings. The molecule has 2 atom stereocenters. The second-order valence-corrected chi connectivity index (χ2v) is 4.03. The Morgan fingerprint density at radius 2 is 2.00 bits per heavy atom. The fourth-order valence-electron chi connectivity index (χ4n) is 0.499. The van der Waals surface area contributed by atoms with Crippen LogP contribution in [-0.4, -0.2) is 30.4 Å². The Morgan fingerprint density at radius 1 is 1.43 bits per heavy atom. The molecule has 0 aliphatic heterocycles. The quantitative estimate of drug-likeness (QED) is 0.444. The highest BCUT2D eigenvalue weighted by atomic mass is 127. The highest BCUT2D eigenvalue weighted by Crippen LogP contribution is 1.99. The number of nitrogens with one attached hydrogen (secondary N) is 1. The summed E-state index contributed by atoms with van der Waals surface area (Å²) in [6.45, 7) is 5.32. The molecule has 0 aromatic heterocycles. The maximum Gasteiger partial charge on any atom is 0.110 e. The van der Waals surface area contributed by atoms with Crippen molar-refractivity contribution in [2.24, 2.45) is 5.73 Å². The zero-order chi connectivity index (χ0) is 11.4. The summed E-state index contributed by atoms with van der Waals surface area (Å²) in [4.78, 5) is 0. The second kappa shape index (κ2) is 14.3. The van der Waals surface area contributed by atoms with Crippen molar-refractivity contribution >= 4 is 45.9 Å². The standard InChI is InChI=1S/2C4H10INO/c1-2-4(3-6)7-5;1-2-4(7)3-6-5/h4H,2-3,6H2,1H3;4,6-7H,2-3H2,1H3. The van der Waals surface area contributed by atoms with Crippen LogP contribution in [0.1, 0.15) is 26.7 Å². The molecule has 0 heterocycles. The molecule has 4 N–H and O–H groups in total. The summed E-state index contributed by atoms with van der Waals surface area (Å²) in [5.74, 6) is 0. The molecule has 0 rings (SSSR count). The lowest BCUT2D eigenvalue weighted by Crippen LogP contribution is -2.18. The molecule has 14 heavy (non-hydrogen) atoms. The monoisotopic (exact) mass is 430 g/mol. The predicted octanol–water partition coefficient (Wildman–Crippen LogP) is 1.79. The minimum atomic E-state index is -0.170. The molecule has 4 nitrogen and oxygen atoms in total. The average molecular weight is 430 g/mol. The van der Waals surface area contributed by atoms with Gasteiger partial charge in [-0.2, -0.15) is 0 Å². The van der Waals surface area contributed by atoms with Crippen LogP contribution >= 0.6 is 45.9 Å². The molecule has 88 valence electrons. The van der Waals surface area contributed by atoms with Crippen LogP contribution in [0.5, 0.6) is 0 Å². The molecule has 0 saturated carbocycles. The molecule has 0 aromatic rings. The van der Waals surface area contributed by atoms with E-state index >= 15 is 0 Å². The Morgan fingerprint density at radius 3 is 2.07 bits per heavy atom. The predicted molar refractivity (Wildman–Crippen MR) is 76.6 cm³/mol. The third kappa shape index (κ3) is 13.3. The molecule has 0 aliphatic carbocycles. The molecular formula is C8H20I2N2O2. The van der Waals surface area contributed by atoms with Gasteiger partial charge >= 0.3 is 0 Å². The van der Waals surface area contributed by atoms with Gasteiger partial charge in [0.15, 0.2) is 0 Å². The third-order valence-corrected chi connectivity index (χ3v) is 2.79. The van der Waals surface area contributed by atoms with Crippen LogP contribution in [0.3, 0.4) is 0 Å². The van der Waals surface area contributed by atoms with Gasteiger partial charge in [0, 0.05) is 36.0 Å². The summed E-state index contributed by atoms with van der Waals surface area (Å²) in [6, 6.07) is 0. The van der Waals surface area contributed by atoms with Crippen molar-refractivity contribution in [3.8, 4) is 0 Å². The number of hydrogen-bond donors (Lipinski definition) is 3. The van der Waals surface area contributed by atoms with Gasteiger partial charge in [-0.05, 0) is 12.8 Å². The molecule has 0 spiro atoms. The first-order chi connectivity index (χ1) is 6.65. The van der Waals surface area contributed by atoms with Crippen molar-refractivity contribution < 1.29 is 8.17 Å². The lowest BCUT2D eigenvalue weighted by Gasteiger charge is -2.04. The fraction of sp³-hybridized carbons (Fsp3) is 1.00. The first-order valence-electron chi connectivity index (χ1n) is 4.65. The van der Waals surface area contributed by atoms with E-state index in [9.17, 15) is 0 Å². The van der Waals surface area contributed by atoms with E-state index < -0.39 is 0 Å². The smallest absolute Gasteiger partial charge is 0.110 e. The van der Waals surface area contributed by atoms with Gasteiger partial charge in [0.2, 0.25) is 0 Å². The zero-order valence-corrected chi connectivity index (χ0v) is 13.0. The molecule has 0 saturated heterocycles. The van der Waals surface area contributed by atoms with Gasteiger partial charge in [-0.3, -0.25) is 3.53 Å². The SMILES string of the molecule is CCC(CN)OI.CCC(O)CNI. The van der Waals surface area contributed by atoms with Gasteiger partial charge in [0.25, 0.3) is 0 Å². The van der Waals surface area contributed by atoms with Crippen molar-refractivity contribution in [2.75, 3.05) is 13.1 Å². The van der Waals surface area contributed by atoms with Gasteiger partial charge in [0.1, 0.15) is 23.0 Å². The Balaban J connectivity index is 0. The van der Waals surface area contributed by atoms with Crippen molar-refractivity contribution in [3.05, 3.63) is 0 Å². The summed E-state index contributed by atoms with van der Waals surface area (Å²) in [7, 11) is 0. The molecule has 0 bridgehead atoms. The van der Waals surface area contributed by atoms with Crippen LogP contribution < -0.4 is 9.26 Å². The topological polar surface area (TPSA) is 67.5 Å². The summed E-state index contributed by atoms with van der Waals surface area (Å²) < 4.78 is 7.73. The van der Waals surface area contributed by atoms with Crippen molar-refractivity contribution in [1.82, 2.24) is 3.53 Å². The van der Waals surface area contributed by atoms with E-state index in [1.54, 1.807) is 0 Å². The Kier molecular flexibility index (Phi) is 18.1. The highest BCUT2D eigenvalue weighted by Gasteiger charge is 1.98. The van der Waals surface area contributed by atoms with Gasteiger partial charge in [-0.25, -0.2) is 0 Å². The summed E-state index contributed by atoms with van der Waals surface area (Å²) in [5, 5.41) is 8.79. The van der Waals surface area contributed by atoms with Crippen LogP contribution in [0.4, 0.5) is 0 Å².